The van der Waals surface area contributed by atoms with E-state index in [-0.39, 0.29) is 31.3 Å². The molecule has 0 saturated carbocycles. The first-order valence-electron chi connectivity index (χ1n) is 13.9. The molecule has 0 aliphatic carbocycles. The molecule has 0 saturated heterocycles. The van der Waals surface area contributed by atoms with Crippen LogP contribution in [0.5, 0.6) is 5.75 Å². The van der Waals surface area contributed by atoms with E-state index in [0.29, 0.717) is 46.7 Å². The minimum atomic E-state index is -1.51. The van der Waals surface area contributed by atoms with Crippen molar-refractivity contribution in [2.45, 2.75) is 31.0 Å². The molecule has 4 aromatic rings. The van der Waals surface area contributed by atoms with E-state index < -0.39 is 17.6 Å². The molecule has 11 heteroatoms. The maximum absolute atomic E-state index is 14.4. The van der Waals surface area contributed by atoms with Crippen LogP contribution >= 0.6 is 15.9 Å². The number of hydrogen-bond donors (Lipinski definition) is 2. The van der Waals surface area contributed by atoms with E-state index in [2.05, 4.69) is 31.3 Å². The lowest BCUT2D eigenvalue weighted by atomic mass is 9.81. The average Bonchev–Trinajstić information content (AvgIpc) is 3.43. The first-order valence-corrected chi connectivity index (χ1v) is 14.7. The molecule has 2 atom stereocenters. The number of azide groups is 1. The van der Waals surface area contributed by atoms with E-state index in [4.69, 9.17) is 19.6 Å². The molecule has 2 N–H and O–H groups in total. The summed E-state index contributed by atoms with van der Waals surface area (Å²) in [7, 11) is 0. The lowest BCUT2D eigenvalue weighted by molar-refractivity contribution is -0.129. The van der Waals surface area contributed by atoms with Crippen LogP contribution in [0.3, 0.4) is 0 Å². The maximum Gasteiger partial charge on any atom is 0.252 e. The van der Waals surface area contributed by atoms with Gasteiger partial charge in [0.1, 0.15) is 11.6 Å². The standard InChI is InChI=1S/C33H29BrFN5O4/c34-26-12-8-23(9-13-26)30-33(20-25-4-1-2-5-29(25)39-40-36,32(42)37-21-22-6-14-27(35)15-7-22)38-31(44-30)24-10-16-28(17-11-24)43-19-3-18-41/h1-2,4-17,30,41H,3,18-21H2,(H,37,42)/t30-,33-/m1/s1. The summed E-state index contributed by atoms with van der Waals surface area (Å²) in [4.78, 5) is 22.4. The first kappa shape index (κ1) is 30.7. The highest BCUT2D eigenvalue weighted by Gasteiger charge is 2.53. The third-order valence-corrected chi connectivity index (χ3v) is 7.70. The molecule has 1 aliphatic rings. The fourth-order valence-corrected chi connectivity index (χ4v) is 5.22. The number of nitrogens with one attached hydrogen (secondary N) is 1. The molecule has 9 nitrogen and oxygen atoms in total. The Morgan fingerprint density at radius 3 is 2.50 bits per heavy atom. The highest BCUT2D eigenvalue weighted by molar-refractivity contribution is 9.10. The molecule has 0 radical (unpaired) electrons. The molecule has 0 spiro atoms. The van der Waals surface area contributed by atoms with Crippen molar-refractivity contribution in [3.63, 3.8) is 0 Å². The summed E-state index contributed by atoms with van der Waals surface area (Å²) in [5, 5.41) is 15.9. The number of ether oxygens (including phenoxy) is 2. The van der Waals surface area contributed by atoms with Gasteiger partial charge >= 0.3 is 0 Å². The largest absolute Gasteiger partial charge is 0.494 e. The van der Waals surface area contributed by atoms with Crippen LogP contribution in [0, 0.1) is 5.82 Å². The molecule has 1 heterocycles. The van der Waals surface area contributed by atoms with E-state index in [0.717, 1.165) is 4.47 Å². The van der Waals surface area contributed by atoms with Crippen molar-refractivity contribution >= 4 is 33.4 Å². The van der Waals surface area contributed by atoms with E-state index in [9.17, 15) is 14.7 Å². The van der Waals surface area contributed by atoms with Crippen LogP contribution in [0.15, 0.2) is 112 Å². The van der Waals surface area contributed by atoms with Crippen LogP contribution in [-0.2, 0) is 22.5 Å². The zero-order valence-corrected chi connectivity index (χ0v) is 25.2. The van der Waals surface area contributed by atoms with Crippen molar-refractivity contribution in [1.29, 1.82) is 0 Å². The summed E-state index contributed by atoms with van der Waals surface area (Å²) in [6.45, 7) is 0.547. The van der Waals surface area contributed by atoms with Gasteiger partial charge < -0.3 is 19.9 Å². The summed E-state index contributed by atoms with van der Waals surface area (Å²) in [5.41, 5.74) is 10.8. The van der Waals surface area contributed by atoms with Gasteiger partial charge in [-0.3, -0.25) is 4.79 Å². The van der Waals surface area contributed by atoms with E-state index >= 15 is 0 Å². The smallest absolute Gasteiger partial charge is 0.252 e. The second-order valence-corrected chi connectivity index (χ2v) is 11.1. The quantitative estimate of drug-likeness (QED) is 0.0728. The van der Waals surface area contributed by atoms with Gasteiger partial charge in [-0.15, -0.1) is 0 Å². The molecule has 44 heavy (non-hydrogen) atoms. The predicted octanol–water partition coefficient (Wildman–Crippen LogP) is 7.11. The van der Waals surface area contributed by atoms with Gasteiger partial charge in [0.2, 0.25) is 5.90 Å². The molecule has 4 aromatic carbocycles. The Kier molecular flexibility index (Phi) is 9.91. The summed E-state index contributed by atoms with van der Waals surface area (Å²) in [6, 6.07) is 27.5. The second kappa shape index (κ2) is 14.2. The van der Waals surface area contributed by atoms with Gasteiger partial charge in [0.25, 0.3) is 5.91 Å². The summed E-state index contributed by atoms with van der Waals surface area (Å²) in [6.07, 6.45) is -0.276. The van der Waals surface area contributed by atoms with Crippen molar-refractivity contribution in [2.24, 2.45) is 10.1 Å². The Morgan fingerprint density at radius 1 is 1.07 bits per heavy atom. The molecule has 0 unspecified atom stereocenters. The monoisotopic (exact) mass is 657 g/mol. The van der Waals surface area contributed by atoms with E-state index in [1.54, 1.807) is 60.7 Å². The molecular weight excluding hydrogens is 629 g/mol. The Bertz CT molecular complexity index is 1680. The van der Waals surface area contributed by atoms with Crippen LogP contribution in [0.2, 0.25) is 0 Å². The fraction of sp³-hybridized carbons (Fsp3) is 0.212. The normalized spacial score (nSPS) is 17.2. The van der Waals surface area contributed by atoms with Gasteiger partial charge in [-0.05, 0) is 70.8 Å². The fourth-order valence-electron chi connectivity index (χ4n) is 4.95. The third kappa shape index (κ3) is 7.08. The molecule has 0 aromatic heterocycles. The lowest BCUT2D eigenvalue weighted by Gasteiger charge is -2.31. The number of nitrogens with zero attached hydrogens (tertiary/aromatic N) is 4. The van der Waals surface area contributed by atoms with Crippen molar-refractivity contribution in [3.05, 3.63) is 140 Å². The number of rotatable bonds is 12. The Morgan fingerprint density at radius 2 is 1.80 bits per heavy atom. The topological polar surface area (TPSA) is 129 Å². The van der Waals surface area contributed by atoms with Gasteiger partial charge in [-0.1, -0.05) is 69.6 Å². The predicted molar refractivity (Wildman–Crippen MR) is 168 cm³/mol. The Hall–Kier alpha value is -4.70. The second-order valence-electron chi connectivity index (χ2n) is 10.1. The molecule has 0 bridgehead atoms. The molecule has 224 valence electrons. The zero-order chi connectivity index (χ0) is 30.9. The number of carbonyl (C=O) groups is 1. The molecule has 5 rings (SSSR count). The number of hydrogen-bond acceptors (Lipinski definition) is 6. The van der Waals surface area contributed by atoms with Gasteiger partial charge in [0.15, 0.2) is 11.6 Å². The number of carbonyl (C=O) groups excluding carboxylic acids is 1. The van der Waals surface area contributed by atoms with Gasteiger partial charge in [-0.25, -0.2) is 9.38 Å². The van der Waals surface area contributed by atoms with Gasteiger partial charge in [0.05, 0.1) is 6.61 Å². The minimum Gasteiger partial charge on any atom is -0.494 e. The lowest BCUT2D eigenvalue weighted by Crippen LogP contribution is -2.49. The summed E-state index contributed by atoms with van der Waals surface area (Å²) < 4.78 is 26.6. The van der Waals surface area contributed by atoms with Crippen LogP contribution < -0.4 is 10.1 Å². The van der Waals surface area contributed by atoms with Gasteiger partial charge in [0, 0.05) is 46.6 Å². The molecule has 1 aliphatic heterocycles. The van der Waals surface area contributed by atoms with E-state index in [1.165, 1.54) is 12.1 Å². The maximum atomic E-state index is 14.4. The number of amides is 1. The van der Waals surface area contributed by atoms with Crippen LogP contribution in [0.1, 0.15) is 34.8 Å². The number of aliphatic imine (C=N–C) groups is 1. The Labute approximate surface area is 262 Å². The van der Waals surface area contributed by atoms with Crippen LogP contribution in [-0.4, -0.2) is 35.7 Å². The average molecular weight is 659 g/mol. The van der Waals surface area contributed by atoms with Crippen LogP contribution in [0.4, 0.5) is 10.1 Å². The van der Waals surface area contributed by atoms with Crippen LogP contribution in [0.25, 0.3) is 10.4 Å². The third-order valence-electron chi connectivity index (χ3n) is 7.17. The molecular formula is C33H29BrFN5O4. The number of benzene rings is 4. The minimum absolute atomic E-state index is 0.0360. The molecule has 1 amide bonds. The summed E-state index contributed by atoms with van der Waals surface area (Å²) >= 11 is 3.48. The Balaban J connectivity index is 1.59. The van der Waals surface area contributed by atoms with Crippen molar-refractivity contribution in [2.75, 3.05) is 13.2 Å². The number of halogens is 2. The van der Waals surface area contributed by atoms with Gasteiger partial charge in [-0.2, -0.15) is 0 Å². The number of aliphatic hydroxyl groups is 1. The zero-order valence-electron chi connectivity index (χ0n) is 23.6. The highest BCUT2D eigenvalue weighted by Crippen LogP contribution is 2.44. The van der Waals surface area contributed by atoms with Crippen molar-refractivity contribution in [3.8, 4) is 5.75 Å². The highest BCUT2D eigenvalue weighted by atomic mass is 79.9. The summed E-state index contributed by atoms with van der Waals surface area (Å²) in [5.74, 6) is 0.101. The van der Waals surface area contributed by atoms with Crippen molar-refractivity contribution < 1.29 is 23.8 Å². The first-order chi connectivity index (χ1) is 21.4. The SMILES string of the molecule is [N-]=[N+]=Nc1ccccc1C[C@@]1(C(=O)NCc2ccc(F)cc2)N=C(c2ccc(OCCCO)cc2)O[C@@H]1c1ccc(Br)cc1. The number of aliphatic hydroxyl groups excluding tert-OH is 1. The van der Waals surface area contributed by atoms with Crippen molar-refractivity contribution in [1.82, 2.24) is 5.32 Å². The molecule has 0 fully saturated rings. The van der Waals surface area contributed by atoms with E-state index in [1.807, 2.05) is 24.3 Å².